The first-order chi connectivity index (χ1) is 7.84. The van der Waals surface area contributed by atoms with E-state index in [-0.39, 0.29) is 6.42 Å². The summed E-state index contributed by atoms with van der Waals surface area (Å²) >= 11 is 0. The fourth-order valence-corrected chi connectivity index (χ4v) is 1.41. The number of hydrogen-bond donors (Lipinski definition) is 2. The molecule has 0 aliphatic heterocycles. The summed E-state index contributed by atoms with van der Waals surface area (Å²) < 4.78 is 37.3. The predicted octanol–water partition coefficient (Wildman–Crippen LogP) is 1.32. The third kappa shape index (κ3) is 3.74. The second kappa shape index (κ2) is 5.18. The lowest BCUT2D eigenvalue weighted by Gasteiger charge is -2.12. The maximum absolute atomic E-state index is 12.4. The summed E-state index contributed by atoms with van der Waals surface area (Å²) in [6.45, 7) is 0. The molecular weight excluding hydrogens is 233 g/mol. The van der Waals surface area contributed by atoms with Gasteiger partial charge in [-0.15, -0.1) is 0 Å². The van der Waals surface area contributed by atoms with E-state index in [2.05, 4.69) is 5.32 Å². The summed E-state index contributed by atoms with van der Waals surface area (Å²) in [5, 5.41) is 2.34. The van der Waals surface area contributed by atoms with Gasteiger partial charge in [-0.25, -0.2) is 0 Å². The number of halogens is 3. The maximum atomic E-state index is 12.4. The second-order valence-electron chi connectivity index (χ2n) is 3.62. The second-order valence-corrected chi connectivity index (χ2v) is 3.62. The number of likely N-dealkylation sites (N-methyl/N-ethyl adjacent to an activating group) is 1. The zero-order valence-corrected chi connectivity index (χ0v) is 9.21. The Morgan fingerprint density at radius 3 is 2.65 bits per heavy atom. The van der Waals surface area contributed by atoms with Crippen LogP contribution in [-0.4, -0.2) is 19.0 Å². The first kappa shape index (κ1) is 13.5. The van der Waals surface area contributed by atoms with Crippen LogP contribution in [0.2, 0.25) is 0 Å². The summed E-state index contributed by atoms with van der Waals surface area (Å²) in [6, 6.07) is 3.95. The molecule has 1 aromatic carbocycles. The number of rotatable bonds is 3. The Morgan fingerprint density at radius 1 is 1.47 bits per heavy atom. The fourth-order valence-electron chi connectivity index (χ4n) is 1.41. The highest BCUT2D eigenvalue weighted by molar-refractivity contribution is 5.81. The van der Waals surface area contributed by atoms with E-state index in [4.69, 9.17) is 5.73 Å². The lowest BCUT2D eigenvalue weighted by atomic mass is 10.0. The molecule has 6 heteroatoms. The SMILES string of the molecule is CNC(=O)C(N)Cc1cccc(C(F)(F)F)c1. The van der Waals surface area contributed by atoms with Crippen LogP contribution in [-0.2, 0) is 17.4 Å². The Bertz CT molecular complexity index is 404. The van der Waals surface area contributed by atoms with Gasteiger partial charge < -0.3 is 11.1 Å². The molecule has 94 valence electrons. The van der Waals surface area contributed by atoms with Gasteiger partial charge in [0.2, 0.25) is 5.91 Å². The molecule has 1 unspecified atom stereocenters. The highest BCUT2D eigenvalue weighted by Crippen LogP contribution is 2.29. The molecule has 0 heterocycles. The molecule has 0 radical (unpaired) electrons. The molecule has 1 atom stereocenters. The van der Waals surface area contributed by atoms with E-state index >= 15 is 0 Å². The minimum atomic E-state index is -4.38. The van der Waals surface area contributed by atoms with E-state index in [1.54, 1.807) is 0 Å². The van der Waals surface area contributed by atoms with E-state index < -0.39 is 23.7 Å². The third-order valence-electron chi connectivity index (χ3n) is 2.29. The molecule has 17 heavy (non-hydrogen) atoms. The number of carbonyl (C=O) groups excluding carboxylic acids is 1. The van der Waals surface area contributed by atoms with Crippen LogP contribution in [0.25, 0.3) is 0 Å². The Labute approximate surface area is 96.8 Å². The van der Waals surface area contributed by atoms with Crippen molar-refractivity contribution in [3.8, 4) is 0 Å². The first-order valence-electron chi connectivity index (χ1n) is 4.98. The van der Waals surface area contributed by atoms with Crippen LogP contribution >= 0.6 is 0 Å². The molecule has 0 saturated heterocycles. The molecule has 1 amide bonds. The molecule has 0 aromatic heterocycles. The monoisotopic (exact) mass is 246 g/mol. The van der Waals surface area contributed by atoms with Crippen LogP contribution in [0.5, 0.6) is 0 Å². The molecule has 0 aliphatic rings. The lowest BCUT2D eigenvalue weighted by Crippen LogP contribution is -2.40. The number of nitrogens with one attached hydrogen (secondary N) is 1. The molecule has 0 saturated carbocycles. The topological polar surface area (TPSA) is 55.1 Å². The van der Waals surface area contributed by atoms with E-state index in [0.717, 1.165) is 12.1 Å². The van der Waals surface area contributed by atoms with Gasteiger partial charge in [0.1, 0.15) is 0 Å². The Morgan fingerprint density at radius 2 is 2.12 bits per heavy atom. The van der Waals surface area contributed by atoms with Crippen LogP contribution in [0.4, 0.5) is 13.2 Å². The lowest BCUT2D eigenvalue weighted by molar-refractivity contribution is -0.137. The summed E-state index contributed by atoms with van der Waals surface area (Å²) in [6.07, 6.45) is -4.31. The quantitative estimate of drug-likeness (QED) is 0.845. The van der Waals surface area contributed by atoms with Crippen molar-refractivity contribution in [3.05, 3.63) is 35.4 Å². The third-order valence-corrected chi connectivity index (χ3v) is 2.29. The van der Waals surface area contributed by atoms with E-state index in [9.17, 15) is 18.0 Å². The van der Waals surface area contributed by atoms with Gasteiger partial charge in [0.05, 0.1) is 11.6 Å². The maximum Gasteiger partial charge on any atom is 0.416 e. The number of hydrogen-bond acceptors (Lipinski definition) is 2. The molecular formula is C11H13F3N2O. The number of nitrogens with two attached hydrogens (primary N) is 1. The summed E-state index contributed by atoms with van der Waals surface area (Å²) in [4.78, 5) is 11.1. The zero-order chi connectivity index (χ0) is 13.1. The smallest absolute Gasteiger partial charge is 0.358 e. The van der Waals surface area contributed by atoms with Crippen molar-refractivity contribution < 1.29 is 18.0 Å². The van der Waals surface area contributed by atoms with Gasteiger partial charge in [0.15, 0.2) is 0 Å². The van der Waals surface area contributed by atoms with Crippen molar-refractivity contribution in [2.75, 3.05) is 7.05 Å². The Hall–Kier alpha value is -1.56. The largest absolute Gasteiger partial charge is 0.416 e. The van der Waals surface area contributed by atoms with Crippen molar-refractivity contribution >= 4 is 5.91 Å². The average molecular weight is 246 g/mol. The fraction of sp³-hybridized carbons (Fsp3) is 0.364. The van der Waals surface area contributed by atoms with Crippen molar-refractivity contribution in [1.82, 2.24) is 5.32 Å². The van der Waals surface area contributed by atoms with Crippen molar-refractivity contribution in [3.63, 3.8) is 0 Å². The molecule has 1 aromatic rings. The summed E-state index contributed by atoms with van der Waals surface area (Å²) in [7, 11) is 1.42. The Kier molecular flexibility index (Phi) is 4.11. The normalized spacial score (nSPS) is 13.2. The van der Waals surface area contributed by atoms with Gasteiger partial charge in [0.25, 0.3) is 0 Å². The highest BCUT2D eigenvalue weighted by Gasteiger charge is 2.30. The van der Waals surface area contributed by atoms with Crippen LogP contribution in [0.1, 0.15) is 11.1 Å². The van der Waals surface area contributed by atoms with Gasteiger partial charge in [-0.2, -0.15) is 13.2 Å². The van der Waals surface area contributed by atoms with E-state index in [0.29, 0.717) is 5.56 Å². The molecule has 1 rings (SSSR count). The average Bonchev–Trinajstić information content (AvgIpc) is 2.27. The van der Waals surface area contributed by atoms with E-state index in [1.165, 1.54) is 19.2 Å². The van der Waals surface area contributed by atoms with Gasteiger partial charge >= 0.3 is 6.18 Å². The summed E-state index contributed by atoms with van der Waals surface area (Å²) in [5.41, 5.74) is 5.17. The predicted molar refractivity (Wildman–Crippen MR) is 57.2 cm³/mol. The number of benzene rings is 1. The van der Waals surface area contributed by atoms with Crippen LogP contribution in [0.3, 0.4) is 0 Å². The molecule has 0 aliphatic carbocycles. The van der Waals surface area contributed by atoms with Crippen LogP contribution in [0, 0.1) is 0 Å². The minimum Gasteiger partial charge on any atom is -0.358 e. The number of carbonyl (C=O) groups is 1. The molecule has 0 fully saturated rings. The highest BCUT2D eigenvalue weighted by atomic mass is 19.4. The Balaban J connectivity index is 2.83. The van der Waals surface area contributed by atoms with Crippen molar-refractivity contribution in [2.24, 2.45) is 5.73 Å². The van der Waals surface area contributed by atoms with Gasteiger partial charge in [-0.05, 0) is 18.1 Å². The van der Waals surface area contributed by atoms with Gasteiger partial charge in [-0.3, -0.25) is 4.79 Å². The van der Waals surface area contributed by atoms with Crippen LogP contribution < -0.4 is 11.1 Å². The number of alkyl halides is 3. The molecule has 3 nitrogen and oxygen atoms in total. The van der Waals surface area contributed by atoms with Crippen LogP contribution in [0.15, 0.2) is 24.3 Å². The standard InChI is InChI=1S/C11H13F3N2O/c1-16-10(17)9(15)6-7-3-2-4-8(5-7)11(12,13)14/h2-5,9H,6,15H2,1H3,(H,16,17). The number of amides is 1. The van der Waals surface area contributed by atoms with Gasteiger partial charge in [0, 0.05) is 7.05 Å². The summed E-state index contributed by atoms with van der Waals surface area (Å²) in [5.74, 6) is -0.401. The minimum absolute atomic E-state index is 0.0730. The van der Waals surface area contributed by atoms with Crippen molar-refractivity contribution in [2.45, 2.75) is 18.6 Å². The first-order valence-corrected chi connectivity index (χ1v) is 4.98. The van der Waals surface area contributed by atoms with Gasteiger partial charge in [-0.1, -0.05) is 18.2 Å². The van der Waals surface area contributed by atoms with E-state index in [1.807, 2.05) is 0 Å². The van der Waals surface area contributed by atoms with Crippen molar-refractivity contribution in [1.29, 1.82) is 0 Å². The molecule has 0 bridgehead atoms. The molecule has 0 spiro atoms. The zero-order valence-electron chi connectivity index (χ0n) is 9.21. The molecule has 3 N–H and O–H groups in total.